The summed E-state index contributed by atoms with van der Waals surface area (Å²) in [6.07, 6.45) is 0.801. The van der Waals surface area contributed by atoms with Crippen LogP contribution >= 0.6 is 11.6 Å². The molecule has 0 radical (unpaired) electrons. The fourth-order valence-corrected chi connectivity index (χ4v) is 5.02. The van der Waals surface area contributed by atoms with Crippen molar-refractivity contribution < 1.29 is 13.2 Å². The number of anilines is 2. The summed E-state index contributed by atoms with van der Waals surface area (Å²) in [6.45, 7) is 2.49. The van der Waals surface area contributed by atoms with Gasteiger partial charge in [-0.3, -0.25) is 9.10 Å². The number of halogens is 1. The minimum absolute atomic E-state index is 0.194. The van der Waals surface area contributed by atoms with Crippen LogP contribution in [-0.4, -0.2) is 27.9 Å². The molecule has 0 bridgehead atoms. The Balaban J connectivity index is 1.62. The smallest absolute Gasteiger partial charge is 0.264 e. The van der Waals surface area contributed by atoms with E-state index in [4.69, 9.17) is 11.6 Å². The third-order valence-electron chi connectivity index (χ3n) is 5.36. The van der Waals surface area contributed by atoms with Crippen molar-refractivity contribution in [3.05, 3.63) is 88.4 Å². The van der Waals surface area contributed by atoms with Crippen LogP contribution in [0.2, 0.25) is 5.02 Å². The van der Waals surface area contributed by atoms with Crippen molar-refractivity contribution in [1.29, 1.82) is 0 Å². The molecule has 1 heterocycles. The first-order chi connectivity index (χ1) is 14.3. The number of para-hydroxylation sites is 1. The predicted octanol–water partition coefficient (Wildman–Crippen LogP) is 4.68. The van der Waals surface area contributed by atoms with Crippen LogP contribution in [-0.2, 0) is 16.4 Å². The molecule has 154 valence electrons. The zero-order valence-electron chi connectivity index (χ0n) is 16.7. The molecule has 0 saturated heterocycles. The van der Waals surface area contributed by atoms with E-state index in [1.807, 2.05) is 31.2 Å². The Hall–Kier alpha value is -2.83. The number of sulfonamides is 1. The van der Waals surface area contributed by atoms with E-state index in [2.05, 4.69) is 0 Å². The molecule has 0 fully saturated rings. The molecule has 3 aromatic rings. The molecular weight excluding hydrogens is 420 g/mol. The van der Waals surface area contributed by atoms with Crippen LogP contribution in [0.15, 0.2) is 71.6 Å². The molecule has 0 N–H and O–H groups in total. The Morgan fingerprint density at radius 1 is 1.03 bits per heavy atom. The Labute approximate surface area is 181 Å². The highest BCUT2D eigenvalue weighted by atomic mass is 35.5. The molecule has 0 aliphatic carbocycles. The first-order valence-corrected chi connectivity index (χ1v) is 11.4. The molecule has 1 aliphatic rings. The van der Waals surface area contributed by atoms with Crippen molar-refractivity contribution in [2.24, 2.45) is 0 Å². The SMILES string of the molecule is Cc1ccc(S(=O)(=O)N(C)c2ccc(C(=O)N3CCc4ccccc43)c(Cl)c2)cc1. The van der Waals surface area contributed by atoms with Gasteiger partial charge in [0.1, 0.15) is 0 Å². The van der Waals surface area contributed by atoms with Crippen molar-refractivity contribution in [3.63, 3.8) is 0 Å². The third kappa shape index (κ3) is 3.57. The first kappa shape index (κ1) is 20.4. The Morgan fingerprint density at radius 2 is 1.73 bits per heavy atom. The lowest BCUT2D eigenvalue weighted by Gasteiger charge is -2.22. The van der Waals surface area contributed by atoms with Gasteiger partial charge in [0, 0.05) is 19.3 Å². The van der Waals surface area contributed by atoms with Gasteiger partial charge >= 0.3 is 0 Å². The topological polar surface area (TPSA) is 57.7 Å². The molecule has 0 spiro atoms. The monoisotopic (exact) mass is 440 g/mol. The molecule has 0 unspecified atom stereocenters. The van der Waals surface area contributed by atoms with Crippen molar-refractivity contribution in [1.82, 2.24) is 0 Å². The Kier molecular flexibility index (Phi) is 5.30. The number of hydrogen-bond donors (Lipinski definition) is 0. The van der Waals surface area contributed by atoms with E-state index < -0.39 is 10.0 Å². The summed E-state index contributed by atoms with van der Waals surface area (Å²) in [4.78, 5) is 15.0. The van der Waals surface area contributed by atoms with Crippen LogP contribution in [0, 0.1) is 6.92 Å². The zero-order chi connectivity index (χ0) is 21.5. The van der Waals surface area contributed by atoms with E-state index in [0.717, 1.165) is 23.2 Å². The van der Waals surface area contributed by atoms with E-state index in [0.29, 0.717) is 17.8 Å². The van der Waals surface area contributed by atoms with E-state index in [1.54, 1.807) is 41.3 Å². The molecule has 1 aliphatic heterocycles. The van der Waals surface area contributed by atoms with Gasteiger partial charge in [-0.2, -0.15) is 0 Å². The van der Waals surface area contributed by atoms with Gasteiger partial charge in [0.25, 0.3) is 15.9 Å². The van der Waals surface area contributed by atoms with E-state index in [9.17, 15) is 13.2 Å². The highest BCUT2D eigenvalue weighted by Crippen LogP contribution is 2.32. The van der Waals surface area contributed by atoms with Crippen molar-refractivity contribution in [2.45, 2.75) is 18.2 Å². The quantitative estimate of drug-likeness (QED) is 0.592. The molecule has 0 saturated carbocycles. The Bertz CT molecular complexity index is 1220. The lowest BCUT2D eigenvalue weighted by atomic mass is 10.1. The molecule has 5 nitrogen and oxygen atoms in total. The molecule has 7 heteroatoms. The normalized spacial score (nSPS) is 13.2. The van der Waals surface area contributed by atoms with Gasteiger partial charge in [-0.05, 0) is 55.3 Å². The maximum absolute atomic E-state index is 13.1. The van der Waals surface area contributed by atoms with E-state index in [1.165, 1.54) is 17.4 Å². The molecule has 4 rings (SSSR count). The van der Waals surface area contributed by atoms with Gasteiger partial charge in [0.2, 0.25) is 0 Å². The number of aryl methyl sites for hydroxylation is 1. The minimum Gasteiger partial charge on any atom is -0.308 e. The number of amides is 1. The van der Waals surface area contributed by atoms with Crippen LogP contribution in [0.25, 0.3) is 0 Å². The average molecular weight is 441 g/mol. The molecule has 3 aromatic carbocycles. The zero-order valence-corrected chi connectivity index (χ0v) is 18.2. The molecule has 1 amide bonds. The Morgan fingerprint density at radius 3 is 2.43 bits per heavy atom. The van der Waals surface area contributed by atoms with Gasteiger partial charge < -0.3 is 4.90 Å². The summed E-state index contributed by atoms with van der Waals surface area (Å²) in [5.74, 6) is -0.194. The largest absolute Gasteiger partial charge is 0.308 e. The molecule has 0 aromatic heterocycles. The molecular formula is C23H21ClN2O3S. The summed E-state index contributed by atoms with van der Waals surface area (Å²) in [6, 6.07) is 19.2. The maximum atomic E-state index is 13.1. The van der Waals surface area contributed by atoms with Crippen molar-refractivity contribution in [2.75, 3.05) is 22.8 Å². The first-order valence-electron chi connectivity index (χ1n) is 9.54. The van der Waals surface area contributed by atoms with E-state index >= 15 is 0 Å². The predicted molar refractivity (Wildman–Crippen MR) is 120 cm³/mol. The maximum Gasteiger partial charge on any atom is 0.264 e. The van der Waals surface area contributed by atoms with Crippen molar-refractivity contribution in [3.8, 4) is 0 Å². The van der Waals surface area contributed by atoms with E-state index in [-0.39, 0.29) is 15.8 Å². The fraction of sp³-hybridized carbons (Fsp3) is 0.174. The second kappa shape index (κ2) is 7.78. The number of benzene rings is 3. The summed E-state index contributed by atoms with van der Waals surface area (Å²) >= 11 is 6.42. The summed E-state index contributed by atoms with van der Waals surface area (Å²) in [7, 11) is -2.26. The number of rotatable bonds is 4. The van der Waals surface area contributed by atoms with Gasteiger partial charge in [-0.1, -0.05) is 47.5 Å². The highest BCUT2D eigenvalue weighted by Gasteiger charge is 2.27. The van der Waals surface area contributed by atoms with Gasteiger partial charge in [0.15, 0.2) is 0 Å². The number of fused-ring (bicyclic) bond motifs is 1. The molecule has 30 heavy (non-hydrogen) atoms. The second-order valence-corrected chi connectivity index (χ2v) is 9.66. The van der Waals surface area contributed by atoms with Crippen LogP contribution in [0.3, 0.4) is 0 Å². The second-order valence-electron chi connectivity index (χ2n) is 7.29. The van der Waals surface area contributed by atoms with Crippen molar-refractivity contribution >= 4 is 38.9 Å². The number of nitrogens with zero attached hydrogens (tertiary/aromatic N) is 2. The number of carbonyl (C=O) groups is 1. The number of hydrogen-bond acceptors (Lipinski definition) is 3. The third-order valence-corrected chi connectivity index (χ3v) is 7.47. The summed E-state index contributed by atoms with van der Waals surface area (Å²) < 4.78 is 27.0. The van der Waals surface area contributed by atoms with Gasteiger partial charge in [0.05, 0.1) is 21.2 Å². The lowest BCUT2D eigenvalue weighted by molar-refractivity contribution is 0.0989. The van der Waals surface area contributed by atoms with Gasteiger partial charge in [-0.25, -0.2) is 8.42 Å². The van der Waals surface area contributed by atoms with Crippen LogP contribution in [0.5, 0.6) is 0 Å². The standard InChI is InChI=1S/C23H21ClN2O3S/c1-16-7-10-19(11-8-16)30(28,29)25(2)18-9-12-20(21(24)15-18)23(27)26-14-13-17-5-3-4-6-22(17)26/h3-12,15H,13-14H2,1-2H3. The van der Waals surface area contributed by atoms with Crippen LogP contribution < -0.4 is 9.21 Å². The summed E-state index contributed by atoms with van der Waals surface area (Å²) in [5, 5.41) is 0.216. The van der Waals surface area contributed by atoms with Crippen LogP contribution in [0.1, 0.15) is 21.5 Å². The fourth-order valence-electron chi connectivity index (χ4n) is 3.58. The highest BCUT2D eigenvalue weighted by molar-refractivity contribution is 7.92. The summed E-state index contributed by atoms with van der Waals surface area (Å²) in [5.41, 5.74) is 3.73. The van der Waals surface area contributed by atoms with Gasteiger partial charge in [-0.15, -0.1) is 0 Å². The number of carbonyl (C=O) groups excluding carboxylic acids is 1. The van der Waals surface area contributed by atoms with Crippen LogP contribution in [0.4, 0.5) is 11.4 Å². The minimum atomic E-state index is -3.73. The molecule has 0 atom stereocenters. The lowest BCUT2D eigenvalue weighted by Crippen LogP contribution is -2.29. The average Bonchev–Trinajstić information content (AvgIpc) is 3.17.